The molecule has 28 heavy (non-hydrogen) atoms. The molecule has 9 heteroatoms. The van der Waals surface area contributed by atoms with Crippen LogP contribution in [0.2, 0.25) is 0 Å². The zero-order valence-electron chi connectivity index (χ0n) is 14.5. The highest BCUT2D eigenvalue weighted by molar-refractivity contribution is 8.00. The molecule has 2 aromatic carbocycles. The van der Waals surface area contributed by atoms with E-state index >= 15 is 0 Å². The predicted molar refractivity (Wildman–Crippen MR) is 104 cm³/mol. The molecular weight excluding hydrogens is 385 g/mol. The third-order valence-electron chi connectivity index (χ3n) is 4.40. The standard InChI is InChI=1S/C19H16FN3O4S/c20-13-4-1-11(2-5-13)16-17(23-7-8-28-19(26,27)10-23)22-15-9-12(18(24)25)3-6-14(15)21-16/h1-6,9,26-27H,7-8,10H2,(H,24,25). The van der Waals surface area contributed by atoms with Crippen LogP contribution in [0, 0.1) is 5.82 Å². The van der Waals surface area contributed by atoms with Crippen LogP contribution < -0.4 is 4.90 Å². The maximum Gasteiger partial charge on any atom is 0.335 e. The number of anilines is 1. The van der Waals surface area contributed by atoms with E-state index in [9.17, 15) is 24.5 Å². The van der Waals surface area contributed by atoms with Crippen molar-refractivity contribution < 1.29 is 24.5 Å². The summed E-state index contributed by atoms with van der Waals surface area (Å²) in [4.78, 5) is 22.2. The van der Waals surface area contributed by atoms with E-state index in [0.29, 0.717) is 40.4 Å². The molecule has 0 amide bonds. The number of rotatable bonds is 3. The summed E-state index contributed by atoms with van der Waals surface area (Å²) in [5.74, 6) is -0.615. The lowest BCUT2D eigenvalue weighted by Crippen LogP contribution is -2.47. The summed E-state index contributed by atoms with van der Waals surface area (Å²) < 4.78 is 13.4. The second-order valence-electron chi connectivity index (χ2n) is 6.42. The normalized spacial score (nSPS) is 16.3. The third kappa shape index (κ3) is 3.64. The highest BCUT2D eigenvalue weighted by Crippen LogP contribution is 2.34. The van der Waals surface area contributed by atoms with E-state index in [2.05, 4.69) is 9.97 Å². The van der Waals surface area contributed by atoms with Gasteiger partial charge in [0, 0.05) is 17.9 Å². The molecule has 0 spiro atoms. The minimum absolute atomic E-state index is 0.0788. The van der Waals surface area contributed by atoms with Crippen molar-refractivity contribution in [3.8, 4) is 11.3 Å². The highest BCUT2D eigenvalue weighted by Gasteiger charge is 2.33. The molecule has 0 bridgehead atoms. The molecule has 0 atom stereocenters. The Kier molecular flexibility index (Phi) is 4.66. The van der Waals surface area contributed by atoms with Crippen molar-refractivity contribution in [2.45, 2.75) is 5.12 Å². The number of carbonyl (C=O) groups is 1. The number of nitrogens with zero attached hydrogens (tertiary/aromatic N) is 3. The SMILES string of the molecule is O=C(O)c1ccc2nc(-c3ccc(F)cc3)c(N3CCSC(O)(O)C3)nc2c1. The molecule has 4 rings (SSSR count). The van der Waals surface area contributed by atoms with Crippen LogP contribution in [-0.2, 0) is 0 Å². The number of aliphatic hydroxyl groups is 2. The zero-order valence-corrected chi connectivity index (χ0v) is 15.4. The number of aromatic nitrogens is 2. The van der Waals surface area contributed by atoms with Crippen LogP contribution in [-0.4, -0.2) is 55.2 Å². The van der Waals surface area contributed by atoms with Crippen LogP contribution in [0.5, 0.6) is 0 Å². The lowest BCUT2D eigenvalue weighted by Gasteiger charge is -2.36. The number of thioether (sulfide) groups is 1. The van der Waals surface area contributed by atoms with Crippen LogP contribution in [0.3, 0.4) is 0 Å². The van der Waals surface area contributed by atoms with Gasteiger partial charge in [0.1, 0.15) is 11.5 Å². The smallest absolute Gasteiger partial charge is 0.335 e. The van der Waals surface area contributed by atoms with Gasteiger partial charge in [0.15, 0.2) is 5.82 Å². The molecule has 0 radical (unpaired) electrons. The van der Waals surface area contributed by atoms with Crippen molar-refractivity contribution in [1.29, 1.82) is 0 Å². The number of β-amino-alcohol motifs (C(OH)–C–C–N with tert-alkyl or cyclic N) is 2. The summed E-state index contributed by atoms with van der Waals surface area (Å²) in [6.07, 6.45) is 0. The topological polar surface area (TPSA) is 107 Å². The zero-order chi connectivity index (χ0) is 19.9. The Morgan fingerprint density at radius 3 is 2.54 bits per heavy atom. The predicted octanol–water partition coefficient (Wildman–Crippen LogP) is 2.33. The molecule has 1 aliphatic rings. The molecule has 7 nitrogen and oxygen atoms in total. The quantitative estimate of drug-likeness (QED) is 0.574. The van der Waals surface area contributed by atoms with Gasteiger partial charge < -0.3 is 20.2 Å². The van der Waals surface area contributed by atoms with Gasteiger partial charge in [0.25, 0.3) is 0 Å². The van der Waals surface area contributed by atoms with Gasteiger partial charge in [0.2, 0.25) is 5.12 Å². The van der Waals surface area contributed by atoms with Crippen LogP contribution >= 0.6 is 11.8 Å². The van der Waals surface area contributed by atoms with Crippen LogP contribution in [0.15, 0.2) is 42.5 Å². The Labute approximate surface area is 163 Å². The molecule has 1 saturated heterocycles. The Hall–Kier alpha value is -2.75. The lowest BCUT2D eigenvalue weighted by molar-refractivity contribution is -0.0699. The van der Waals surface area contributed by atoms with Crippen molar-refractivity contribution in [3.63, 3.8) is 0 Å². The fourth-order valence-electron chi connectivity index (χ4n) is 3.07. The molecule has 0 saturated carbocycles. The fourth-order valence-corrected chi connectivity index (χ4v) is 3.96. The number of halogens is 1. The molecule has 1 aliphatic heterocycles. The second-order valence-corrected chi connectivity index (χ2v) is 7.78. The van der Waals surface area contributed by atoms with Crippen molar-refractivity contribution in [1.82, 2.24) is 9.97 Å². The second kappa shape index (κ2) is 7.01. The van der Waals surface area contributed by atoms with Gasteiger partial charge in [-0.1, -0.05) is 11.8 Å². The summed E-state index contributed by atoms with van der Waals surface area (Å²) in [6, 6.07) is 10.2. The van der Waals surface area contributed by atoms with E-state index in [1.807, 2.05) is 0 Å². The van der Waals surface area contributed by atoms with Crippen molar-refractivity contribution in [2.75, 3.05) is 23.7 Å². The highest BCUT2D eigenvalue weighted by atomic mass is 32.2. The summed E-state index contributed by atoms with van der Waals surface area (Å²) in [5, 5.41) is 27.4. The summed E-state index contributed by atoms with van der Waals surface area (Å²) in [5.41, 5.74) is 2.01. The first-order valence-corrected chi connectivity index (χ1v) is 9.46. The van der Waals surface area contributed by atoms with Gasteiger partial charge in [-0.25, -0.2) is 19.2 Å². The number of carboxylic acid groups (broad SMARTS) is 1. The van der Waals surface area contributed by atoms with Gasteiger partial charge in [0.05, 0.1) is 23.1 Å². The number of hydrogen-bond acceptors (Lipinski definition) is 7. The maximum absolute atomic E-state index is 13.4. The van der Waals surface area contributed by atoms with Crippen molar-refractivity contribution in [3.05, 3.63) is 53.8 Å². The molecule has 0 unspecified atom stereocenters. The van der Waals surface area contributed by atoms with Gasteiger partial charge in [-0.15, -0.1) is 0 Å². The molecule has 3 N–H and O–H groups in total. The Morgan fingerprint density at radius 2 is 1.86 bits per heavy atom. The largest absolute Gasteiger partial charge is 0.478 e. The van der Waals surface area contributed by atoms with E-state index in [1.165, 1.54) is 24.3 Å². The van der Waals surface area contributed by atoms with E-state index in [1.54, 1.807) is 23.1 Å². The lowest BCUT2D eigenvalue weighted by atomic mass is 10.1. The minimum Gasteiger partial charge on any atom is -0.478 e. The first kappa shape index (κ1) is 18.6. The van der Waals surface area contributed by atoms with Gasteiger partial charge >= 0.3 is 5.97 Å². The average Bonchev–Trinajstić information content (AvgIpc) is 2.66. The van der Waals surface area contributed by atoms with Crippen LogP contribution in [0.25, 0.3) is 22.3 Å². The maximum atomic E-state index is 13.4. The number of aromatic carboxylic acids is 1. The molecule has 2 heterocycles. The molecule has 3 aromatic rings. The summed E-state index contributed by atoms with van der Waals surface area (Å²) in [7, 11) is 0. The Balaban J connectivity index is 1.90. The molecule has 1 fully saturated rings. The van der Waals surface area contributed by atoms with E-state index in [4.69, 9.17) is 0 Å². The van der Waals surface area contributed by atoms with E-state index in [0.717, 1.165) is 11.8 Å². The third-order valence-corrected chi connectivity index (χ3v) is 5.38. The van der Waals surface area contributed by atoms with Crippen molar-refractivity contribution >= 4 is 34.6 Å². The van der Waals surface area contributed by atoms with Gasteiger partial charge in [-0.3, -0.25) is 0 Å². The van der Waals surface area contributed by atoms with Crippen molar-refractivity contribution in [2.24, 2.45) is 0 Å². The monoisotopic (exact) mass is 401 g/mol. The van der Waals surface area contributed by atoms with Crippen LogP contribution in [0.1, 0.15) is 10.4 Å². The fraction of sp³-hybridized carbons (Fsp3) is 0.211. The van der Waals surface area contributed by atoms with E-state index in [-0.39, 0.29) is 17.9 Å². The van der Waals surface area contributed by atoms with Gasteiger partial charge in [-0.2, -0.15) is 0 Å². The number of benzene rings is 2. The number of carboxylic acids is 1. The summed E-state index contributed by atoms with van der Waals surface area (Å²) in [6.45, 7) is 0.408. The Bertz CT molecular complexity index is 1060. The molecule has 144 valence electrons. The first-order chi connectivity index (χ1) is 13.3. The number of fused-ring (bicyclic) bond motifs is 1. The Morgan fingerprint density at radius 1 is 1.11 bits per heavy atom. The summed E-state index contributed by atoms with van der Waals surface area (Å²) >= 11 is 1.03. The average molecular weight is 401 g/mol. The molecule has 1 aromatic heterocycles. The first-order valence-electron chi connectivity index (χ1n) is 8.47. The molecule has 0 aliphatic carbocycles. The number of hydrogen-bond donors (Lipinski definition) is 3. The minimum atomic E-state index is -1.93. The molecular formula is C19H16FN3O4S. The van der Waals surface area contributed by atoms with Crippen LogP contribution in [0.4, 0.5) is 10.2 Å². The van der Waals surface area contributed by atoms with Gasteiger partial charge in [-0.05, 0) is 42.5 Å². The van der Waals surface area contributed by atoms with E-state index < -0.39 is 11.1 Å².